The summed E-state index contributed by atoms with van der Waals surface area (Å²) in [6.07, 6.45) is 4.73. The van der Waals surface area contributed by atoms with Gasteiger partial charge in [-0.25, -0.2) is 0 Å². The van der Waals surface area contributed by atoms with Gasteiger partial charge in [0.15, 0.2) is 0 Å². The van der Waals surface area contributed by atoms with Crippen molar-refractivity contribution in [3.63, 3.8) is 0 Å². The van der Waals surface area contributed by atoms with Crippen molar-refractivity contribution in [2.45, 2.75) is 45.1 Å². The lowest BCUT2D eigenvalue weighted by Crippen LogP contribution is -2.41. The van der Waals surface area contributed by atoms with Crippen LogP contribution in [-0.4, -0.2) is 32.0 Å². The van der Waals surface area contributed by atoms with E-state index < -0.39 is 0 Å². The van der Waals surface area contributed by atoms with Crippen molar-refractivity contribution in [2.24, 2.45) is 11.7 Å². The molecule has 0 heterocycles. The van der Waals surface area contributed by atoms with Crippen molar-refractivity contribution in [2.75, 3.05) is 26.4 Å². The molecule has 1 saturated carbocycles. The molecule has 3 heteroatoms. The molecule has 1 aliphatic rings. The summed E-state index contributed by atoms with van der Waals surface area (Å²) in [4.78, 5) is 0. The largest absolute Gasteiger partial charge is 0.379 e. The highest BCUT2D eigenvalue weighted by Crippen LogP contribution is 2.27. The van der Waals surface area contributed by atoms with E-state index in [0.29, 0.717) is 25.7 Å². The van der Waals surface area contributed by atoms with Gasteiger partial charge in [0.2, 0.25) is 0 Å². The number of hydrogen-bond acceptors (Lipinski definition) is 3. The summed E-state index contributed by atoms with van der Waals surface area (Å²) in [6.45, 7) is 7.16. The van der Waals surface area contributed by atoms with Crippen molar-refractivity contribution in [1.29, 1.82) is 0 Å². The first kappa shape index (κ1) is 12.9. The summed E-state index contributed by atoms with van der Waals surface area (Å²) in [6, 6.07) is 0. The van der Waals surface area contributed by atoms with Crippen LogP contribution in [0.1, 0.15) is 39.5 Å². The molecule has 0 aromatic rings. The highest BCUT2D eigenvalue weighted by Gasteiger charge is 2.29. The predicted molar refractivity (Wildman–Crippen MR) is 61.9 cm³/mol. The van der Waals surface area contributed by atoms with Crippen LogP contribution in [0, 0.1) is 5.92 Å². The molecule has 0 unspecified atom stereocenters. The van der Waals surface area contributed by atoms with Crippen molar-refractivity contribution >= 4 is 0 Å². The van der Waals surface area contributed by atoms with Gasteiger partial charge in [0.25, 0.3) is 0 Å². The van der Waals surface area contributed by atoms with Crippen LogP contribution in [0.15, 0.2) is 0 Å². The maximum atomic E-state index is 6.16. The smallest absolute Gasteiger partial charge is 0.0701 e. The van der Waals surface area contributed by atoms with Crippen LogP contribution in [0.4, 0.5) is 0 Å². The molecule has 0 aliphatic heterocycles. The van der Waals surface area contributed by atoms with Gasteiger partial charge in [0, 0.05) is 12.1 Å². The highest BCUT2D eigenvalue weighted by atomic mass is 16.5. The maximum Gasteiger partial charge on any atom is 0.0701 e. The van der Waals surface area contributed by atoms with Crippen molar-refractivity contribution in [1.82, 2.24) is 0 Å². The SMILES string of the molecule is CC(C)COCCOCC1(N)CCCC1. The predicted octanol–water partition coefficient (Wildman–Crippen LogP) is 1.95. The number of rotatable bonds is 7. The Kier molecular flexibility index (Phi) is 5.58. The van der Waals surface area contributed by atoms with Gasteiger partial charge in [-0.15, -0.1) is 0 Å². The van der Waals surface area contributed by atoms with Crippen LogP contribution in [0.25, 0.3) is 0 Å². The van der Waals surface area contributed by atoms with Crippen LogP contribution in [0.3, 0.4) is 0 Å². The molecule has 1 aliphatic carbocycles. The third kappa shape index (κ3) is 5.50. The molecule has 2 N–H and O–H groups in total. The summed E-state index contributed by atoms with van der Waals surface area (Å²) in [5, 5.41) is 0. The minimum Gasteiger partial charge on any atom is -0.379 e. The molecule has 90 valence electrons. The van der Waals surface area contributed by atoms with Crippen LogP contribution >= 0.6 is 0 Å². The van der Waals surface area contributed by atoms with Gasteiger partial charge in [-0.3, -0.25) is 0 Å². The van der Waals surface area contributed by atoms with Gasteiger partial charge in [-0.2, -0.15) is 0 Å². The van der Waals surface area contributed by atoms with E-state index in [-0.39, 0.29) is 5.54 Å². The molecule has 1 rings (SSSR count). The fraction of sp³-hybridized carbons (Fsp3) is 1.00. The van der Waals surface area contributed by atoms with Crippen LogP contribution in [-0.2, 0) is 9.47 Å². The first-order valence-corrected chi connectivity index (χ1v) is 6.07. The van der Waals surface area contributed by atoms with Gasteiger partial charge in [-0.05, 0) is 18.8 Å². The lowest BCUT2D eigenvalue weighted by Gasteiger charge is -2.23. The standard InChI is InChI=1S/C12H25NO2/c1-11(2)9-14-7-8-15-10-12(13)5-3-4-6-12/h11H,3-10,13H2,1-2H3. The summed E-state index contributed by atoms with van der Waals surface area (Å²) in [5.74, 6) is 0.598. The van der Waals surface area contributed by atoms with Crippen LogP contribution in [0.5, 0.6) is 0 Å². The molecule has 0 spiro atoms. The van der Waals surface area contributed by atoms with Gasteiger partial charge in [-0.1, -0.05) is 26.7 Å². The third-order valence-corrected chi connectivity index (χ3v) is 2.81. The molecule has 0 radical (unpaired) electrons. The topological polar surface area (TPSA) is 44.5 Å². The Bertz CT molecular complexity index is 165. The Morgan fingerprint density at radius 3 is 2.33 bits per heavy atom. The molecular formula is C12H25NO2. The molecule has 0 saturated heterocycles. The normalized spacial score (nSPS) is 20.0. The van der Waals surface area contributed by atoms with Gasteiger partial charge in [0.05, 0.1) is 19.8 Å². The minimum atomic E-state index is -0.0436. The fourth-order valence-corrected chi connectivity index (χ4v) is 1.94. The second-order valence-electron chi connectivity index (χ2n) is 5.09. The Hall–Kier alpha value is -0.120. The second-order valence-corrected chi connectivity index (χ2v) is 5.09. The summed E-state index contributed by atoms with van der Waals surface area (Å²) < 4.78 is 11.0. The fourth-order valence-electron chi connectivity index (χ4n) is 1.94. The zero-order valence-electron chi connectivity index (χ0n) is 10.1. The van der Waals surface area contributed by atoms with E-state index in [1.54, 1.807) is 0 Å². The zero-order valence-corrected chi connectivity index (χ0v) is 10.1. The Morgan fingerprint density at radius 2 is 1.73 bits per heavy atom. The zero-order chi connectivity index (χ0) is 11.1. The molecule has 0 amide bonds. The lowest BCUT2D eigenvalue weighted by molar-refractivity contribution is 0.0206. The van der Waals surface area contributed by atoms with E-state index in [2.05, 4.69) is 13.8 Å². The Balaban J connectivity index is 1.92. The quantitative estimate of drug-likeness (QED) is 0.660. The molecule has 0 aromatic carbocycles. The third-order valence-electron chi connectivity index (χ3n) is 2.81. The van der Waals surface area contributed by atoms with Gasteiger partial charge < -0.3 is 15.2 Å². The Labute approximate surface area is 93.3 Å². The van der Waals surface area contributed by atoms with E-state index in [1.165, 1.54) is 12.8 Å². The van der Waals surface area contributed by atoms with Crippen molar-refractivity contribution in [3.8, 4) is 0 Å². The first-order valence-electron chi connectivity index (χ1n) is 6.07. The minimum absolute atomic E-state index is 0.0436. The molecule has 0 bridgehead atoms. The monoisotopic (exact) mass is 215 g/mol. The molecular weight excluding hydrogens is 190 g/mol. The van der Waals surface area contributed by atoms with Gasteiger partial charge in [0.1, 0.15) is 0 Å². The molecule has 3 nitrogen and oxygen atoms in total. The lowest BCUT2D eigenvalue weighted by atomic mass is 10.0. The molecule has 1 fully saturated rings. The van der Waals surface area contributed by atoms with E-state index in [9.17, 15) is 0 Å². The van der Waals surface area contributed by atoms with Crippen LogP contribution < -0.4 is 5.73 Å². The molecule has 15 heavy (non-hydrogen) atoms. The maximum absolute atomic E-state index is 6.16. The molecule has 0 atom stereocenters. The van der Waals surface area contributed by atoms with E-state index in [4.69, 9.17) is 15.2 Å². The van der Waals surface area contributed by atoms with E-state index in [1.807, 2.05) is 0 Å². The summed E-state index contributed by atoms with van der Waals surface area (Å²) >= 11 is 0. The second kappa shape index (κ2) is 6.46. The number of hydrogen-bond donors (Lipinski definition) is 1. The first-order chi connectivity index (χ1) is 7.12. The van der Waals surface area contributed by atoms with Gasteiger partial charge >= 0.3 is 0 Å². The summed E-state index contributed by atoms with van der Waals surface area (Å²) in [5.41, 5.74) is 6.11. The average molecular weight is 215 g/mol. The number of ether oxygens (including phenoxy) is 2. The Morgan fingerprint density at radius 1 is 1.13 bits per heavy atom. The van der Waals surface area contributed by atoms with E-state index >= 15 is 0 Å². The number of nitrogens with two attached hydrogens (primary N) is 1. The van der Waals surface area contributed by atoms with Crippen LogP contribution in [0.2, 0.25) is 0 Å². The van der Waals surface area contributed by atoms with Crippen molar-refractivity contribution < 1.29 is 9.47 Å². The molecule has 0 aromatic heterocycles. The average Bonchev–Trinajstić information content (AvgIpc) is 2.58. The summed E-state index contributed by atoms with van der Waals surface area (Å²) in [7, 11) is 0. The highest BCUT2D eigenvalue weighted by molar-refractivity contribution is 4.88. The van der Waals surface area contributed by atoms with E-state index in [0.717, 1.165) is 19.4 Å². The van der Waals surface area contributed by atoms with Crippen molar-refractivity contribution in [3.05, 3.63) is 0 Å².